The number of fused-ring (bicyclic) bond motifs is 5. The summed E-state index contributed by atoms with van der Waals surface area (Å²) in [5, 5.41) is 1.15. The zero-order valence-electron chi connectivity index (χ0n) is 11.4. The molecular formula is C15H16N4O. The van der Waals surface area contributed by atoms with Gasteiger partial charge in [-0.1, -0.05) is 12.1 Å². The average Bonchev–Trinajstić information content (AvgIpc) is 2.64. The van der Waals surface area contributed by atoms with Crippen LogP contribution in [0.5, 0.6) is 0 Å². The van der Waals surface area contributed by atoms with E-state index in [4.69, 9.17) is 15.5 Å². The van der Waals surface area contributed by atoms with Crippen molar-refractivity contribution in [1.29, 1.82) is 0 Å². The number of hydrogen-bond donors (Lipinski definition) is 1. The van der Waals surface area contributed by atoms with E-state index in [1.54, 1.807) is 0 Å². The highest BCUT2D eigenvalue weighted by molar-refractivity contribution is 6.08. The maximum atomic E-state index is 6.11. The molecule has 4 rings (SSSR count). The number of anilines is 1. The van der Waals surface area contributed by atoms with Crippen LogP contribution in [0, 0.1) is 6.92 Å². The predicted octanol–water partition coefficient (Wildman–Crippen LogP) is 2.05. The quantitative estimate of drug-likeness (QED) is 0.677. The van der Waals surface area contributed by atoms with Gasteiger partial charge in [0.25, 0.3) is 0 Å². The van der Waals surface area contributed by atoms with E-state index in [0.717, 1.165) is 40.7 Å². The van der Waals surface area contributed by atoms with Crippen molar-refractivity contribution in [2.45, 2.75) is 19.9 Å². The van der Waals surface area contributed by atoms with Crippen LogP contribution in [0.1, 0.15) is 11.4 Å². The van der Waals surface area contributed by atoms with E-state index in [0.29, 0.717) is 19.0 Å². The molecule has 2 aromatic heterocycles. The van der Waals surface area contributed by atoms with E-state index in [1.165, 1.54) is 5.56 Å². The van der Waals surface area contributed by atoms with Gasteiger partial charge < -0.3 is 15.0 Å². The molecule has 0 saturated heterocycles. The minimum absolute atomic E-state index is 0.514. The first-order valence-corrected chi connectivity index (χ1v) is 6.87. The molecule has 102 valence electrons. The van der Waals surface area contributed by atoms with E-state index in [9.17, 15) is 0 Å². The van der Waals surface area contributed by atoms with Crippen LogP contribution >= 0.6 is 0 Å². The molecule has 1 aliphatic heterocycles. The van der Waals surface area contributed by atoms with Crippen LogP contribution in [0.3, 0.4) is 0 Å². The van der Waals surface area contributed by atoms with Gasteiger partial charge in [-0.3, -0.25) is 0 Å². The number of imidazole rings is 1. The third-order valence-corrected chi connectivity index (χ3v) is 3.95. The fraction of sp³-hybridized carbons (Fsp3) is 0.333. The molecule has 0 fully saturated rings. The number of aromatic nitrogens is 3. The van der Waals surface area contributed by atoms with Gasteiger partial charge in [0.2, 0.25) is 0 Å². The maximum absolute atomic E-state index is 6.11. The van der Waals surface area contributed by atoms with Gasteiger partial charge in [0, 0.05) is 18.4 Å². The molecule has 1 aromatic carbocycles. The molecule has 0 unspecified atom stereocenters. The highest BCUT2D eigenvalue weighted by Crippen LogP contribution is 2.31. The zero-order valence-corrected chi connectivity index (χ0v) is 11.4. The Bertz CT molecular complexity index is 822. The van der Waals surface area contributed by atoms with Crippen LogP contribution in [0.15, 0.2) is 18.2 Å². The van der Waals surface area contributed by atoms with Crippen molar-refractivity contribution in [3.8, 4) is 0 Å². The number of nitrogens with two attached hydrogens (primary N) is 1. The van der Waals surface area contributed by atoms with Gasteiger partial charge in [-0.25, -0.2) is 9.97 Å². The fourth-order valence-corrected chi connectivity index (χ4v) is 3.02. The number of pyridine rings is 1. The van der Waals surface area contributed by atoms with Crippen LogP contribution in [0.25, 0.3) is 21.9 Å². The first-order chi connectivity index (χ1) is 9.75. The van der Waals surface area contributed by atoms with Crippen molar-refractivity contribution in [3.05, 3.63) is 29.6 Å². The van der Waals surface area contributed by atoms with Crippen molar-refractivity contribution >= 4 is 27.8 Å². The first kappa shape index (κ1) is 11.7. The van der Waals surface area contributed by atoms with Crippen LogP contribution < -0.4 is 5.73 Å². The number of nitrogen functional groups attached to an aromatic ring is 1. The monoisotopic (exact) mass is 268 g/mol. The molecule has 0 radical (unpaired) electrons. The Kier molecular flexibility index (Phi) is 2.44. The molecule has 0 saturated carbocycles. The normalized spacial score (nSPS) is 15.4. The zero-order chi connectivity index (χ0) is 13.7. The summed E-state index contributed by atoms with van der Waals surface area (Å²) in [6.45, 7) is 4.35. The van der Waals surface area contributed by atoms with Crippen molar-refractivity contribution in [3.63, 3.8) is 0 Å². The Balaban J connectivity index is 2.21. The van der Waals surface area contributed by atoms with E-state index in [1.807, 2.05) is 12.1 Å². The summed E-state index contributed by atoms with van der Waals surface area (Å²) in [7, 11) is 0. The molecule has 5 nitrogen and oxygen atoms in total. The summed E-state index contributed by atoms with van der Waals surface area (Å²) in [5.41, 5.74) is 10.2. The lowest BCUT2D eigenvalue weighted by Crippen LogP contribution is -2.04. The van der Waals surface area contributed by atoms with Crippen LogP contribution in [0.4, 0.5) is 5.82 Å². The molecule has 0 aliphatic carbocycles. The number of ether oxygens (including phenoxy) is 1. The van der Waals surface area contributed by atoms with Crippen LogP contribution in [-0.4, -0.2) is 27.7 Å². The average molecular weight is 268 g/mol. The van der Waals surface area contributed by atoms with E-state index >= 15 is 0 Å². The number of benzene rings is 1. The highest BCUT2D eigenvalue weighted by Gasteiger charge is 2.19. The Morgan fingerprint density at radius 1 is 1.25 bits per heavy atom. The molecule has 3 heterocycles. The van der Waals surface area contributed by atoms with Crippen molar-refractivity contribution in [2.75, 3.05) is 18.9 Å². The fourth-order valence-electron chi connectivity index (χ4n) is 3.02. The Morgan fingerprint density at radius 3 is 3.05 bits per heavy atom. The minimum Gasteiger partial charge on any atom is -0.382 e. The Labute approximate surface area is 116 Å². The van der Waals surface area contributed by atoms with Gasteiger partial charge in [0.15, 0.2) is 5.82 Å². The van der Waals surface area contributed by atoms with Gasteiger partial charge in [-0.15, -0.1) is 0 Å². The van der Waals surface area contributed by atoms with Gasteiger partial charge in [0.1, 0.15) is 11.3 Å². The third-order valence-electron chi connectivity index (χ3n) is 3.95. The summed E-state index contributed by atoms with van der Waals surface area (Å²) in [4.78, 5) is 9.20. The molecule has 3 aromatic rings. The molecule has 0 atom stereocenters. The van der Waals surface area contributed by atoms with Crippen molar-refractivity contribution < 1.29 is 4.74 Å². The topological polar surface area (TPSA) is 66.0 Å². The largest absolute Gasteiger partial charge is 0.382 e. The predicted molar refractivity (Wildman–Crippen MR) is 78.7 cm³/mol. The highest BCUT2D eigenvalue weighted by atomic mass is 16.5. The smallest absolute Gasteiger partial charge is 0.152 e. The van der Waals surface area contributed by atoms with Gasteiger partial charge in [-0.2, -0.15) is 0 Å². The summed E-state index contributed by atoms with van der Waals surface area (Å²) in [5.74, 6) is 1.56. The summed E-state index contributed by atoms with van der Waals surface area (Å²) in [6.07, 6.45) is 0.821. The van der Waals surface area contributed by atoms with Gasteiger partial charge >= 0.3 is 0 Å². The minimum atomic E-state index is 0.514. The molecule has 1 aliphatic rings. The first-order valence-electron chi connectivity index (χ1n) is 6.87. The molecule has 0 amide bonds. The second-order valence-corrected chi connectivity index (χ2v) is 5.21. The van der Waals surface area contributed by atoms with E-state index in [-0.39, 0.29) is 0 Å². The number of nitrogens with zero attached hydrogens (tertiary/aromatic N) is 3. The van der Waals surface area contributed by atoms with Gasteiger partial charge in [-0.05, 0) is 18.6 Å². The standard InChI is InChI=1S/C15H16N4O/c1-9-3-2-4-10-12(9)14-13(15(16)17-10)18-11-5-7-20-8-6-19(11)14/h2-4H,5-8H2,1H3,(H2,16,17). The third kappa shape index (κ3) is 1.53. The summed E-state index contributed by atoms with van der Waals surface area (Å²) >= 11 is 0. The molecular weight excluding hydrogens is 252 g/mol. The van der Waals surface area contributed by atoms with Crippen LogP contribution in [0.2, 0.25) is 0 Å². The SMILES string of the molecule is Cc1cccc2nc(N)c3nc4n(c3c12)CCOCC4. The Morgan fingerprint density at radius 2 is 2.15 bits per heavy atom. The second kappa shape index (κ2) is 4.18. The molecule has 5 heteroatoms. The van der Waals surface area contributed by atoms with E-state index < -0.39 is 0 Å². The lowest BCUT2D eigenvalue weighted by molar-refractivity contribution is 0.141. The molecule has 20 heavy (non-hydrogen) atoms. The number of hydrogen-bond acceptors (Lipinski definition) is 4. The maximum Gasteiger partial charge on any atom is 0.152 e. The Hall–Kier alpha value is -2.14. The van der Waals surface area contributed by atoms with E-state index in [2.05, 4.69) is 22.5 Å². The number of aryl methyl sites for hydroxylation is 1. The van der Waals surface area contributed by atoms with Crippen molar-refractivity contribution in [1.82, 2.24) is 14.5 Å². The van der Waals surface area contributed by atoms with Crippen molar-refractivity contribution in [2.24, 2.45) is 0 Å². The second-order valence-electron chi connectivity index (χ2n) is 5.21. The molecule has 0 spiro atoms. The lowest BCUT2D eigenvalue weighted by Gasteiger charge is -2.09. The molecule has 2 N–H and O–H groups in total. The van der Waals surface area contributed by atoms with Crippen LogP contribution in [-0.2, 0) is 17.7 Å². The van der Waals surface area contributed by atoms with Gasteiger partial charge in [0.05, 0.1) is 24.2 Å². The number of rotatable bonds is 0. The molecule has 0 bridgehead atoms. The summed E-state index contributed by atoms with van der Waals surface area (Å²) in [6, 6.07) is 6.12. The summed E-state index contributed by atoms with van der Waals surface area (Å²) < 4.78 is 7.79. The lowest BCUT2D eigenvalue weighted by atomic mass is 10.1.